The second-order valence-electron chi connectivity index (χ2n) is 2.08. The van der Waals surface area contributed by atoms with E-state index in [0.717, 1.165) is 0 Å². The van der Waals surface area contributed by atoms with Gasteiger partial charge < -0.3 is 15.9 Å². The number of aromatic hydroxyl groups is 1. The molecule has 0 atom stereocenters. The molecule has 0 aromatic heterocycles. The van der Waals surface area contributed by atoms with Crippen LogP contribution in [-0.4, -0.2) is 45.7 Å². The second-order valence-corrected chi connectivity index (χ2v) is 2.08. The third-order valence-corrected chi connectivity index (χ3v) is 1.27. The molecule has 0 bridgehead atoms. The molecule has 0 aliphatic heterocycles. The first-order valence-corrected chi connectivity index (χ1v) is 2.93. The van der Waals surface area contributed by atoms with E-state index in [2.05, 4.69) is 0 Å². The molecule has 1 aromatic rings. The van der Waals surface area contributed by atoms with Gasteiger partial charge in [-0.05, 0) is 18.2 Å². The number of benzene rings is 1. The predicted octanol–water partition coefficient (Wildman–Crippen LogP) is 0.0241. The third-order valence-electron chi connectivity index (χ3n) is 1.27. The third kappa shape index (κ3) is 2.41. The summed E-state index contributed by atoms with van der Waals surface area (Å²) >= 11 is 0. The van der Waals surface area contributed by atoms with Crippen LogP contribution in [0, 0.1) is 0 Å². The Kier molecular flexibility index (Phi) is 4.09. The van der Waals surface area contributed by atoms with Crippen molar-refractivity contribution in [2.45, 2.75) is 0 Å². The average Bonchev–Trinajstić information content (AvgIpc) is 1.94. The van der Waals surface area contributed by atoms with Crippen molar-refractivity contribution in [3.8, 4) is 5.75 Å². The maximum absolute atomic E-state index is 10.3. The Bertz CT molecular complexity index is 301. The normalized spacial score (nSPS) is 8.67. The van der Waals surface area contributed by atoms with Crippen molar-refractivity contribution in [3.05, 3.63) is 23.8 Å². The molecule has 0 saturated carbocycles. The Morgan fingerprint density at radius 1 is 1.42 bits per heavy atom. The standard InChI is InChI=1S/C7H7NO3.Na.H/c8-5-3-4(7(10)11)1-2-6(5)9;;/h1-3,9H,8H2,(H,10,11);;. The number of phenolic OH excluding ortho intramolecular Hbond substituents is 1. The van der Waals surface area contributed by atoms with Gasteiger partial charge in [0.1, 0.15) is 5.75 Å². The number of carbonyl (C=O) groups is 1. The molecule has 4 nitrogen and oxygen atoms in total. The van der Waals surface area contributed by atoms with Crippen LogP contribution < -0.4 is 5.73 Å². The summed E-state index contributed by atoms with van der Waals surface area (Å²) in [6.07, 6.45) is 0. The van der Waals surface area contributed by atoms with Gasteiger partial charge in [-0.25, -0.2) is 4.79 Å². The van der Waals surface area contributed by atoms with Crippen molar-refractivity contribution in [2.24, 2.45) is 0 Å². The van der Waals surface area contributed by atoms with E-state index < -0.39 is 5.97 Å². The Balaban J connectivity index is 0.00000121. The molecule has 4 N–H and O–H groups in total. The fourth-order valence-corrected chi connectivity index (χ4v) is 0.688. The number of rotatable bonds is 1. The minimum atomic E-state index is -1.06. The molecule has 0 radical (unpaired) electrons. The average molecular weight is 177 g/mol. The Labute approximate surface area is 91.3 Å². The molecule has 0 aliphatic rings. The summed E-state index contributed by atoms with van der Waals surface area (Å²) in [5, 5.41) is 17.4. The van der Waals surface area contributed by atoms with Crippen LogP contribution >= 0.6 is 0 Å². The van der Waals surface area contributed by atoms with Crippen molar-refractivity contribution >= 4 is 41.2 Å². The zero-order valence-electron chi connectivity index (χ0n) is 5.61. The van der Waals surface area contributed by atoms with Crippen LogP contribution in [0.2, 0.25) is 0 Å². The van der Waals surface area contributed by atoms with Gasteiger partial charge in [-0.15, -0.1) is 0 Å². The fraction of sp³-hybridized carbons (Fsp3) is 0. The number of aromatic carboxylic acids is 1. The van der Waals surface area contributed by atoms with Gasteiger partial charge in [0, 0.05) is 0 Å². The van der Waals surface area contributed by atoms with Gasteiger partial charge in [0.2, 0.25) is 0 Å². The molecule has 0 aliphatic carbocycles. The first-order valence-electron chi connectivity index (χ1n) is 2.93. The number of anilines is 1. The molecule has 5 heteroatoms. The molecule has 60 valence electrons. The van der Waals surface area contributed by atoms with Crippen LogP contribution in [0.3, 0.4) is 0 Å². The van der Waals surface area contributed by atoms with Crippen molar-refractivity contribution < 1.29 is 15.0 Å². The van der Waals surface area contributed by atoms with Crippen molar-refractivity contribution in [2.75, 3.05) is 5.73 Å². The number of phenols is 1. The summed E-state index contributed by atoms with van der Waals surface area (Å²) in [7, 11) is 0. The molecule has 1 aromatic carbocycles. The zero-order chi connectivity index (χ0) is 8.43. The van der Waals surface area contributed by atoms with Crippen LogP contribution in [0.25, 0.3) is 0 Å². The molecule has 0 fully saturated rings. The van der Waals surface area contributed by atoms with Gasteiger partial charge in [0.25, 0.3) is 0 Å². The van der Waals surface area contributed by atoms with Gasteiger partial charge >= 0.3 is 35.5 Å². The van der Waals surface area contributed by atoms with Crippen LogP contribution in [0.4, 0.5) is 5.69 Å². The SMILES string of the molecule is Nc1cc(C(=O)O)ccc1O.[NaH]. The number of hydrogen-bond donors (Lipinski definition) is 3. The molecular formula is C7H8NNaO3. The first kappa shape index (κ1) is 11.3. The molecule has 12 heavy (non-hydrogen) atoms. The van der Waals surface area contributed by atoms with Crippen LogP contribution in [0.1, 0.15) is 10.4 Å². The van der Waals surface area contributed by atoms with Gasteiger partial charge in [-0.1, -0.05) is 0 Å². The maximum atomic E-state index is 10.3. The second kappa shape index (κ2) is 4.35. The topological polar surface area (TPSA) is 83.6 Å². The van der Waals surface area contributed by atoms with Crippen molar-refractivity contribution in [1.29, 1.82) is 0 Å². The van der Waals surface area contributed by atoms with Crippen LogP contribution in [0.15, 0.2) is 18.2 Å². The van der Waals surface area contributed by atoms with E-state index in [0.29, 0.717) is 0 Å². The van der Waals surface area contributed by atoms with E-state index in [1.54, 1.807) is 0 Å². The van der Waals surface area contributed by atoms with Gasteiger partial charge in [0.05, 0.1) is 11.3 Å². The van der Waals surface area contributed by atoms with Gasteiger partial charge in [-0.3, -0.25) is 0 Å². The minimum absolute atomic E-state index is 0. The molecule has 0 heterocycles. The Morgan fingerprint density at radius 3 is 2.42 bits per heavy atom. The van der Waals surface area contributed by atoms with E-state index in [1.807, 2.05) is 0 Å². The molecule has 0 spiro atoms. The van der Waals surface area contributed by atoms with E-state index >= 15 is 0 Å². The van der Waals surface area contributed by atoms with Crippen molar-refractivity contribution in [1.82, 2.24) is 0 Å². The summed E-state index contributed by atoms with van der Waals surface area (Å²) in [6, 6.07) is 3.74. The molecule has 0 amide bonds. The van der Waals surface area contributed by atoms with Crippen LogP contribution in [-0.2, 0) is 0 Å². The molecular weight excluding hydrogens is 169 g/mol. The first-order chi connectivity index (χ1) is 5.11. The van der Waals surface area contributed by atoms with Crippen LogP contribution in [0.5, 0.6) is 5.75 Å². The summed E-state index contributed by atoms with van der Waals surface area (Å²) in [5.74, 6) is -1.16. The summed E-state index contributed by atoms with van der Waals surface area (Å²) in [4.78, 5) is 10.3. The number of carboxylic acids is 1. The number of nitrogens with two attached hydrogens (primary N) is 1. The van der Waals surface area contributed by atoms with Crippen molar-refractivity contribution in [3.63, 3.8) is 0 Å². The number of carboxylic acid groups (broad SMARTS) is 1. The molecule has 0 saturated heterocycles. The number of hydrogen-bond acceptors (Lipinski definition) is 3. The summed E-state index contributed by atoms with van der Waals surface area (Å²) < 4.78 is 0. The summed E-state index contributed by atoms with van der Waals surface area (Å²) in [6.45, 7) is 0. The molecule has 1 rings (SSSR count). The quantitative estimate of drug-likeness (QED) is 0.321. The van der Waals surface area contributed by atoms with E-state index in [-0.39, 0.29) is 46.6 Å². The summed E-state index contributed by atoms with van der Waals surface area (Å²) in [5.41, 5.74) is 5.39. The number of nitrogen functional groups attached to an aromatic ring is 1. The van der Waals surface area contributed by atoms with Gasteiger partial charge in [-0.2, -0.15) is 0 Å². The predicted molar refractivity (Wildman–Crippen MR) is 46.6 cm³/mol. The fourth-order valence-electron chi connectivity index (χ4n) is 0.688. The zero-order valence-corrected chi connectivity index (χ0v) is 5.61. The Hall–Kier alpha value is -0.710. The molecule has 0 unspecified atom stereocenters. The Morgan fingerprint density at radius 2 is 2.00 bits per heavy atom. The van der Waals surface area contributed by atoms with Gasteiger partial charge in [0.15, 0.2) is 0 Å². The monoisotopic (exact) mass is 177 g/mol. The van der Waals surface area contributed by atoms with E-state index in [1.165, 1.54) is 18.2 Å². The van der Waals surface area contributed by atoms with E-state index in [4.69, 9.17) is 15.9 Å². The van der Waals surface area contributed by atoms with E-state index in [9.17, 15) is 4.79 Å².